The van der Waals surface area contributed by atoms with Crippen molar-refractivity contribution >= 4 is 0 Å². The van der Waals surface area contributed by atoms with Crippen molar-refractivity contribution in [1.29, 1.82) is 0 Å². The van der Waals surface area contributed by atoms with Gasteiger partial charge < -0.3 is 0 Å². The lowest BCUT2D eigenvalue weighted by atomic mass is 9.62. The van der Waals surface area contributed by atoms with Crippen LogP contribution in [0.1, 0.15) is 116 Å². The fourth-order valence-corrected chi connectivity index (χ4v) is 4.09. The smallest absolute Gasteiger partial charge is 0.00672 e. The molecule has 1 aromatic rings. The van der Waals surface area contributed by atoms with Crippen LogP contribution < -0.4 is 0 Å². The van der Waals surface area contributed by atoms with Gasteiger partial charge >= 0.3 is 0 Å². The first-order valence-corrected chi connectivity index (χ1v) is 12.4. The molecule has 31 heavy (non-hydrogen) atoms. The number of allylic oxidation sites excluding steroid dienone is 4. The van der Waals surface area contributed by atoms with E-state index in [1.165, 1.54) is 48.0 Å². The van der Waals surface area contributed by atoms with Crippen LogP contribution in [0.2, 0.25) is 0 Å². The first-order valence-electron chi connectivity index (χ1n) is 12.4. The van der Waals surface area contributed by atoms with Crippen LogP contribution in [0.3, 0.4) is 0 Å². The van der Waals surface area contributed by atoms with E-state index in [-0.39, 0.29) is 0 Å². The van der Waals surface area contributed by atoms with Crippen LogP contribution >= 0.6 is 0 Å². The van der Waals surface area contributed by atoms with E-state index in [4.69, 9.17) is 0 Å². The van der Waals surface area contributed by atoms with Crippen LogP contribution in [0.25, 0.3) is 0 Å². The highest BCUT2D eigenvalue weighted by atomic mass is 14.4. The average Bonchev–Trinajstić information content (AvgIpc) is 3.44. The van der Waals surface area contributed by atoms with E-state index >= 15 is 0 Å². The lowest BCUT2D eigenvalue weighted by Crippen LogP contribution is -2.34. The second-order valence-corrected chi connectivity index (χ2v) is 11.4. The molecule has 0 N–H and O–H groups in total. The zero-order chi connectivity index (χ0) is 23.8. The molecule has 0 aromatic heterocycles. The Hall–Kier alpha value is -1.56. The summed E-state index contributed by atoms with van der Waals surface area (Å²) in [5, 5.41) is 0. The summed E-state index contributed by atoms with van der Waals surface area (Å²) in [6, 6.07) is 4.99. The highest BCUT2D eigenvalue weighted by molar-refractivity contribution is 5.47. The lowest BCUT2D eigenvalue weighted by Gasteiger charge is -2.42. The van der Waals surface area contributed by atoms with Gasteiger partial charge in [-0.25, -0.2) is 0 Å². The Balaban J connectivity index is 0.000000395. The maximum absolute atomic E-state index is 3.67. The topological polar surface area (TPSA) is 0 Å². The SMILES string of the molecule is C=CCC(=C)C.CC/C=C(\C)Cc1cc2c(cc1C)C(C)(C)CCC2(C)C.CC1CC1. The fourth-order valence-electron chi connectivity index (χ4n) is 4.09. The molecule has 0 nitrogen and oxygen atoms in total. The summed E-state index contributed by atoms with van der Waals surface area (Å²) in [4.78, 5) is 0. The third-order valence-electron chi connectivity index (χ3n) is 6.69. The van der Waals surface area contributed by atoms with Gasteiger partial charge in [0.1, 0.15) is 0 Å². The van der Waals surface area contributed by atoms with Gasteiger partial charge in [0.05, 0.1) is 0 Å². The predicted molar refractivity (Wildman–Crippen MR) is 142 cm³/mol. The molecule has 0 atom stereocenters. The zero-order valence-corrected chi connectivity index (χ0v) is 22.3. The van der Waals surface area contributed by atoms with Crippen molar-refractivity contribution < 1.29 is 0 Å². The van der Waals surface area contributed by atoms with Gasteiger partial charge in [-0.1, -0.05) is 96.4 Å². The second kappa shape index (κ2) is 11.9. The lowest BCUT2D eigenvalue weighted by molar-refractivity contribution is 0.331. The highest BCUT2D eigenvalue weighted by Gasteiger charge is 2.37. The number of aryl methyl sites for hydroxylation is 1. The summed E-state index contributed by atoms with van der Waals surface area (Å²) in [6.45, 7) is 27.9. The fraction of sp³-hybridized carbons (Fsp3) is 0.613. The Labute approximate surface area is 194 Å². The molecule has 2 aliphatic carbocycles. The molecule has 0 radical (unpaired) electrons. The van der Waals surface area contributed by atoms with Crippen LogP contribution in [-0.4, -0.2) is 0 Å². The van der Waals surface area contributed by atoms with E-state index in [1.807, 2.05) is 13.0 Å². The van der Waals surface area contributed by atoms with Crippen molar-refractivity contribution in [2.75, 3.05) is 0 Å². The quantitative estimate of drug-likeness (QED) is 0.414. The molecule has 174 valence electrons. The van der Waals surface area contributed by atoms with Crippen molar-refractivity contribution in [2.45, 2.75) is 118 Å². The normalized spacial score (nSPS) is 18.5. The molecule has 3 rings (SSSR count). The standard InChI is InChI=1S/C21H32.C6H10.C4H8/c1-8-9-15(2)12-17-14-19-18(13-16(17)3)20(4,5)10-11-21(19,6)7;1-4-5-6(2)3;1-4-2-3-4/h9,13-14H,8,10-12H2,1-7H3;4H,1-2,5H2,3H3;4H,2-3H2,1H3/b15-9+;;. The second-order valence-electron chi connectivity index (χ2n) is 11.4. The van der Waals surface area contributed by atoms with Crippen LogP contribution in [0, 0.1) is 12.8 Å². The molecule has 0 amide bonds. The largest absolute Gasteiger partial charge is 0.103 e. The minimum absolute atomic E-state index is 0.315. The van der Waals surface area contributed by atoms with Crippen LogP contribution in [0.4, 0.5) is 0 Å². The molecule has 0 bridgehead atoms. The summed E-state index contributed by atoms with van der Waals surface area (Å²) < 4.78 is 0. The maximum Gasteiger partial charge on any atom is -0.00672 e. The molecule has 0 heterocycles. The Morgan fingerprint density at radius 1 is 1.03 bits per heavy atom. The minimum Gasteiger partial charge on any atom is -0.103 e. The van der Waals surface area contributed by atoms with Gasteiger partial charge in [0.2, 0.25) is 0 Å². The number of benzene rings is 1. The summed E-state index contributed by atoms with van der Waals surface area (Å²) in [5.74, 6) is 1.08. The molecule has 2 aliphatic rings. The van der Waals surface area contributed by atoms with Crippen molar-refractivity contribution in [3.63, 3.8) is 0 Å². The monoisotopic (exact) mass is 422 g/mol. The van der Waals surface area contributed by atoms with Crippen molar-refractivity contribution in [3.8, 4) is 0 Å². The number of fused-ring (bicyclic) bond motifs is 1. The molecule has 1 saturated carbocycles. The van der Waals surface area contributed by atoms with Gasteiger partial charge in [-0.15, -0.1) is 6.58 Å². The van der Waals surface area contributed by atoms with E-state index in [2.05, 4.69) is 86.8 Å². The van der Waals surface area contributed by atoms with Gasteiger partial charge in [-0.05, 0) is 91.9 Å². The van der Waals surface area contributed by atoms with Crippen molar-refractivity contribution in [1.82, 2.24) is 0 Å². The predicted octanol–water partition coefficient (Wildman–Crippen LogP) is 9.80. The molecule has 0 unspecified atom stereocenters. The summed E-state index contributed by atoms with van der Waals surface area (Å²) in [7, 11) is 0. The molecule has 0 heteroatoms. The first-order chi connectivity index (χ1) is 14.3. The van der Waals surface area contributed by atoms with Crippen LogP contribution in [-0.2, 0) is 17.3 Å². The first kappa shape index (κ1) is 27.5. The van der Waals surface area contributed by atoms with Gasteiger partial charge in [0.25, 0.3) is 0 Å². The van der Waals surface area contributed by atoms with E-state index in [0.717, 1.165) is 25.2 Å². The third-order valence-corrected chi connectivity index (χ3v) is 6.69. The van der Waals surface area contributed by atoms with Gasteiger partial charge in [0, 0.05) is 0 Å². The molecule has 1 fully saturated rings. The number of rotatable bonds is 5. The van der Waals surface area contributed by atoms with Crippen LogP contribution in [0.15, 0.2) is 48.6 Å². The minimum atomic E-state index is 0.315. The van der Waals surface area contributed by atoms with Crippen LogP contribution in [0.5, 0.6) is 0 Å². The molecule has 0 aliphatic heterocycles. The van der Waals surface area contributed by atoms with E-state index in [0.29, 0.717) is 10.8 Å². The van der Waals surface area contributed by atoms with Gasteiger partial charge in [-0.3, -0.25) is 0 Å². The average molecular weight is 423 g/mol. The summed E-state index contributed by atoms with van der Waals surface area (Å²) in [6.07, 6.45) is 12.9. The van der Waals surface area contributed by atoms with Crippen molar-refractivity contribution in [2.24, 2.45) is 5.92 Å². The summed E-state index contributed by atoms with van der Waals surface area (Å²) in [5.41, 5.74) is 9.45. The van der Waals surface area contributed by atoms with Crippen molar-refractivity contribution in [3.05, 3.63) is 70.8 Å². The van der Waals surface area contributed by atoms with E-state index < -0.39 is 0 Å². The number of hydrogen-bond acceptors (Lipinski definition) is 0. The summed E-state index contributed by atoms with van der Waals surface area (Å²) >= 11 is 0. The molecule has 0 saturated heterocycles. The molecule has 1 aromatic carbocycles. The number of hydrogen-bond donors (Lipinski definition) is 0. The molecular weight excluding hydrogens is 372 g/mol. The Morgan fingerprint density at radius 2 is 1.52 bits per heavy atom. The Morgan fingerprint density at radius 3 is 1.87 bits per heavy atom. The zero-order valence-electron chi connectivity index (χ0n) is 22.3. The van der Waals surface area contributed by atoms with E-state index in [9.17, 15) is 0 Å². The third kappa shape index (κ3) is 9.22. The highest BCUT2D eigenvalue weighted by Crippen LogP contribution is 2.46. The maximum atomic E-state index is 3.67. The Kier molecular flexibility index (Phi) is 10.5. The molecule has 0 spiro atoms. The Bertz CT molecular complexity index is 765. The van der Waals surface area contributed by atoms with Gasteiger partial charge in [0.15, 0.2) is 0 Å². The van der Waals surface area contributed by atoms with E-state index in [1.54, 1.807) is 11.1 Å². The molecular formula is C31H50. The van der Waals surface area contributed by atoms with Gasteiger partial charge in [-0.2, -0.15) is 0 Å².